The van der Waals surface area contributed by atoms with Crippen LogP contribution in [0.5, 0.6) is 0 Å². The molecular weight excluding hydrogens is 250 g/mol. The van der Waals surface area contributed by atoms with Gasteiger partial charge in [-0.05, 0) is 30.7 Å². The van der Waals surface area contributed by atoms with Gasteiger partial charge < -0.3 is 5.32 Å². The number of carbonyl (C=O) groups is 1. The van der Waals surface area contributed by atoms with E-state index in [-0.39, 0.29) is 5.91 Å². The minimum atomic E-state index is -0.243. The second kappa shape index (κ2) is 5.60. The molecule has 0 aliphatic carbocycles. The fourth-order valence-electron chi connectivity index (χ4n) is 1.49. The monoisotopic (exact) mass is 261 g/mol. The molecule has 0 fully saturated rings. The van der Waals surface area contributed by atoms with E-state index in [9.17, 15) is 4.79 Å². The van der Waals surface area contributed by atoms with Gasteiger partial charge in [0.2, 0.25) is 0 Å². The molecule has 1 N–H and O–H groups in total. The molecule has 4 nitrogen and oxygen atoms in total. The van der Waals surface area contributed by atoms with E-state index < -0.39 is 0 Å². The fraction of sp³-hybridized carbons (Fsp3) is 0.154. The summed E-state index contributed by atoms with van der Waals surface area (Å²) in [5.74, 6) is 0.265. The Balaban J connectivity index is 2.21. The Hall–Kier alpha value is -1.94. The number of hydrogen-bond donors (Lipinski definition) is 1. The number of amides is 1. The van der Waals surface area contributed by atoms with Crippen molar-refractivity contribution in [3.63, 3.8) is 0 Å². The van der Waals surface area contributed by atoms with E-state index in [1.165, 1.54) is 0 Å². The second-order valence-corrected chi connectivity index (χ2v) is 4.08. The average Bonchev–Trinajstić information content (AvgIpc) is 2.39. The van der Waals surface area contributed by atoms with Crippen molar-refractivity contribution in [2.45, 2.75) is 13.3 Å². The van der Waals surface area contributed by atoms with Crippen LogP contribution in [0.25, 0.3) is 0 Å². The van der Waals surface area contributed by atoms with Crippen LogP contribution in [0.15, 0.2) is 36.5 Å². The number of aromatic nitrogens is 2. The predicted molar refractivity (Wildman–Crippen MR) is 70.8 cm³/mol. The van der Waals surface area contributed by atoms with Gasteiger partial charge in [0, 0.05) is 17.5 Å². The van der Waals surface area contributed by atoms with Crippen molar-refractivity contribution in [2.24, 2.45) is 0 Å². The molecule has 18 heavy (non-hydrogen) atoms. The minimum absolute atomic E-state index is 0.243. The maximum atomic E-state index is 12.0. The van der Waals surface area contributed by atoms with Crippen LogP contribution >= 0.6 is 11.6 Å². The zero-order valence-corrected chi connectivity index (χ0v) is 10.6. The molecule has 0 saturated heterocycles. The zero-order valence-electron chi connectivity index (χ0n) is 9.85. The Morgan fingerprint density at radius 3 is 2.89 bits per heavy atom. The van der Waals surface area contributed by atoms with Crippen LogP contribution in [0.3, 0.4) is 0 Å². The predicted octanol–water partition coefficient (Wildman–Crippen LogP) is 2.94. The third kappa shape index (κ3) is 3.05. The summed E-state index contributed by atoms with van der Waals surface area (Å²) < 4.78 is 0. The largest absolute Gasteiger partial charge is 0.307 e. The van der Waals surface area contributed by atoms with E-state index in [1.54, 1.807) is 36.5 Å². The summed E-state index contributed by atoms with van der Waals surface area (Å²) in [5.41, 5.74) is 1.27. The second-order valence-electron chi connectivity index (χ2n) is 3.69. The molecular formula is C13H12ClN3O. The van der Waals surface area contributed by atoms with Crippen molar-refractivity contribution in [1.29, 1.82) is 0 Å². The number of anilines is 1. The minimum Gasteiger partial charge on any atom is -0.307 e. The first kappa shape index (κ1) is 12.5. The smallest absolute Gasteiger partial charge is 0.256 e. The molecule has 0 unspecified atom stereocenters. The average molecular weight is 262 g/mol. The van der Waals surface area contributed by atoms with E-state index >= 15 is 0 Å². The molecule has 2 heterocycles. The molecule has 2 aromatic heterocycles. The van der Waals surface area contributed by atoms with Crippen molar-refractivity contribution in [3.05, 3.63) is 52.9 Å². The number of nitrogens with zero attached hydrogens (tertiary/aromatic N) is 2. The van der Waals surface area contributed by atoms with E-state index in [1.807, 2.05) is 6.92 Å². The summed E-state index contributed by atoms with van der Waals surface area (Å²) in [5, 5.41) is 3.02. The third-order valence-electron chi connectivity index (χ3n) is 2.38. The van der Waals surface area contributed by atoms with Crippen LogP contribution in [-0.2, 0) is 6.42 Å². The molecule has 0 aliphatic rings. The maximum absolute atomic E-state index is 12.0. The lowest BCUT2D eigenvalue weighted by molar-refractivity contribution is 0.102. The highest BCUT2D eigenvalue weighted by molar-refractivity contribution is 6.29. The van der Waals surface area contributed by atoms with Gasteiger partial charge in [-0.15, -0.1) is 0 Å². The maximum Gasteiger partial charge on any atom is 0.256 e. The molecule has 5 heteroatoms. The van der Waals surface area contributed by atoms with Crippen LogP contribution in [-0.4, -0.2) is 15.9 Å². The zero-order chi connectivity index (χ0) is 13.0. The number of pyridine rings is 2. The molecule has 0 atom stereocenters. The van der Waals surface area contributed by atoms with E-state index in [0.717, 1.165) is 12.1 Å². The van der Waals surface area contributed by atoms with Crippen molar-refractivity contribution in [1.82, 2.24) is 9.97 Å². The van der Waals surface area contributed by atoms with E-state index in [4.69, 9.17) is 11.6 Å². The topological polar surface area (TPSA) is 54.9 Å². The third-order valence-corrected chi connectivity index (χ3v) is 2.57. The summed E-state index contributed by atoms with van der Waals surface area (Å²) in [6, 6.07) is 8.58. The molecule has 1 amide bonds. The molecule has 0 saturated carbocycles. The summed E-state index contributed by atoms with van der Waals surface area (Å²) >= 11 is 5.87. The van der Waals surface area contributed by atoms with Gasteiger partial charge in [0.1, 0.15) is 11.0 Å². The molecule has 0 spiro atoms. The van der Waals surface area contributed by atoms with Crippen molar-refractivity contribution in [2.75, 3.05) is 5.32 Å². The molecule has 92 valence electrons. The van der Waals surface area contributed by atoms with Crippen molar-refractivity contribution in [3.8, 4) is 0 Å². The first-order chi connectivity index (χ1) is 8.69. The summed E-state index contributed by atoms with van der Waals surface area (Å²) in [4.78, 5) is 20.1. The quantitative estimate of drug-likeness (QED) is 0.865. The van der Waals surface area contributed by atoms with Gasteiger partial charge in [-0.1, -0.05) is 24.6 Å². The van der Waals surface area contributed by atoms with Crippen LogP contribution in [0.4, 0.5) is 5.82 Å². The van der Waals surface area contributed by atoms with Gasteiger partial charge in [0.05, 0.1) is 0 Å². The highest BCUT2D eigenvalue weighted by Crippen LogP contribution is 2.13. The standard InChI is InChI=1S/C13H12ClN3O/c1-2-10-7-9(8-11(14)16-10)13(18)17-12-5-3-4-6-15-12/h3-8H,2H2,1H3,(H,15,17,18). The van der Waals surface area contributed by atoms with Crippen LogP contribution in [0.1, 0.15) is 23.0 Å². The number of hydrogen-bond acceptors (Lipinski definition) is 3. The normalized spacial score (nSPS) is 10.1. The van der Waals surface area contributed by atoms with Crippen LogP contribution < -0.4 is 5.32 Å². The summed E-state index contributed by atoms with van der Waals surface area (Å²) in [7, 11) is 0. The summed E-state index contributed by atoms with van der Waals surface area (Å²) in [6.07, 6.45) is 2.34. The Labute approximate surface area is 110 Å². The Morgan fingerprint density at radius 1 is 1.39 bits per heavy atom. The van der Waals surface area contributed by atoms with Gasteiger partial charge >= 0.3 is 0 Å². The van der Waals surface area contributed by atoms with Crippen LogP contribution in [0, 0.1) is 0 Å². The highest BCUT2D eigenvalue weighted by atomic mass is 35.5. The lowest BCUT2D eigenvalue weighted by Gasteiger charge is -2.06. The van der Waals surface area contributed by atoms with Gasteiger partial charge in [-0.3, -0.25) is 4.79 Å². The molecule has 0 aromatic carbocycles. The summed E-state index contributed by atoms with van der Waals surface area (Å²) in [6.45, 7) is 1.96. The molecule has 0 aliphatic heterocycles. The number of nitrogens with one attached hydrogen (secondary N) is 1. The molecule has 0 bridgehead atoms. The fourth-order valence-corrected chi connectivity index (χ4v) is 1.71. The van der Waals surface area contributed by atoms with Crippen molar-refractivity contribution < 1.29 is 4.79 Å². The first-order valence-electron chi connectivity index (χ1n) is 5.58. The SMILES string of the molecule is CCc1cc(C(=O)Nc2ccccn2)cc(Cl)n1. The Bertz CT molecular complexity index is 557. The highest BCUT2D eigenvalue weighted by Gasteiger charge is 2.09. The number of carbonyl (C=O) groups excluding carboxylic acids is 1. The number of halogens is 1. The van der Waals surface area contributed by atoms with Gasteiger partial charge in [-0.25, -0.2) is 9.97 Å². The first-order valence-corrected chi connectivity index (χ1v) is 5.95. The Kier molecular flexibility index (Phi) is 3.89. The molecule has 0 radical (unpaired) electrons. The van der Waals surface area contributed by atoms with Crippen LogP contribution in [0.2, 0.25) is 5.15 Å². The van der Waals surface area contributed by atoms with Gasteiger partial charge in [-0.2, -0.15) is 0 Å². The molecule has 2 aromatic rings. The number of rotatable bonds is 3. The van der Waals surface area contributed by atoms with Crippen molar-refractivity contribution >= 4 is 23.3 Å². The lowest BCUT2D eigenvalue weighted by atomic mass is 10.2. The van der Waals surface area contributed by atoms with E-state index in [2.05, 4.69) is 15.3 Å². The van der Waals surface area contributed by atoms with Gasteiger partial charge in [0.15, 0.2) is 0 Å². The van der Waals surface area contributed by atoms with Gasteiger partial charge in [0.25, 0.3) is 5.91 Å². The lowest BCUT2D eigenvalue weighted by Crippen LogP contribution is -2.13. The van der Waals surface area contributed by atoms with E-state index in [0.29, 0.717) is 16.5 Å². The molecule has 2 rings (SSSR count). The number of aryl methyl sites for hydroxylation is 1. The Morgan fingerprint density at radius 2 is 2.22 bits per heavy atom.